The number of hydrogen-bond donors (Lipinski definition) is 1. The summed E-state index contributed by atoms with van der Waals surface area (Å²) in [5.41, 5.74) is -0.410. The third-order valence-corrected chi connectivity index (χ3v) is 4.49. The molecule has 1 N–H and O–H groups in total. The van der Waals surface area contributed by atoms with E-state index in [-0.39, 0.29) is 23.0 Å². The molecule has 0 aromatic carbocycles. The van der Waals surface area contributed by atoms with Crippen LogP contribution in [0.1, 0.15) is 37.6 Å². The van der Waals surface area contributed by atoms with Crippen LogP contribution in [0.15, 0.2) is 6.07 Å². The van der Waals surface area contributed by atoms with E-state index < -0.39 is 17.9 Å². The predicted molar refractivity (Wildman–Crippen MR) is 85.9 cm³/mol. The number of aromatic nitrogens is 1. The molecule has 4 nitrogen and oxygen atoms in total. The molecule has 1 aliphatic rings. The molecule has 1 aromatic rings. The Hall–Kier alpha value is -1.34. The van der Waals surface area contributed by atoms with Gasteiger partial charge in [-0.3, -0.25) is 9.69 Å². The Morgan fingerprint density at radius 3 is 2.50 bits per heavy atom. The average molecular weight is 364 g/mol. The van der Waals surface area contributed by atoms with Crippen LogP contribution in [-0.4, -0.2) is 40.5 Å². The monoisotopic (exact) mass is 363 g/mol. The third-order valence-electron chi connectivity index (χ3n) is 4.18. The molecule has 1 aromatic heterocycles. The number of carbonyl (C=O) groups excluding carboxylic acids is 1. The first-order valence-electron chi connectivity index (χ1n) is 7.69. The minimum atomic E-state index is -4.55. The normalized spacial score (nSPS) is 20.2. The SMILES string of the molecule is Cc1cc(C(F)(F)F)nc(Cl)c1CC1C(=O)NCCN1C(C)(C)C. The maximum atomic E-state index is 12.8. The van der Waals surface area contributed by atoms with Crippen LogP contribution in [0.4, 0.5) is 13.2 Å². The van der Waals surface area contributed by atoms with Crippen molar-refractivity contribution in [2.75, 3.05) is 13.1 Å². The van der Waals surface area contributed by atoms with Crippen molar-refractivity contribution in [2.45, 2.75) is 51.9 Å². The van der Waals surface area contributed by atoms with Crippen LogP contribution in [0.5, 0.6) is 0 Å². The van der Waals surface area contributed by atoms with Gasteiger partial charge in [-0.15, -0.1) is 0 Å². The number of nitrogens with one attached hydrogen (secondary N) is 1. The number of alkyl halides is 3. The molecule has 24 heavy (non-hydrogen) atoms. The standard InChI is InChI=1S/C16H21ClF3N3O/c1-9-7-12(16(18,19)20)22-13(17)10(9)8-11-14(24)21-5-6-23(11)15(2,3)4/h7,11H,5-6,8H2,1-4H3,(H,21,24). The smallest absolute Gasteiger partial charge is 0.353 e. The van der Waals surface area contributed by atoms with Crippen LogP contribution in [0, 0.1) is 6.92 Å². The summed E-state index contributed by atoms with van der Waals surface area (Å²) in [6, 6.07) is 0.483. The summed E-state index contributed by atoms with van der Waals surface area (Å²) in [6.45, 7) is 8.77. The molecule has 0 radical (unpaired) electrons. The summed E-state index contributed by atoms with van der Waals surface area (Å²) in [7, 11) is 0. The van der Waals surface area contributed by atoms with Crippen molar-refractivity contribution in [1.29, 1.82) is 0 Å². The number of pyridine rings is 1. The van der Waals surface area contributed by atoms with Gasteiger partial charge in [-0.05, 0) is 44.9 Å². The lowest BCUT2D eigenvalue weighted by Gasteiger charge is -2.44. The number of amides is 1. The lowest BCUT2D eigenvalue weighted by atomic mass is 9.94. The highest BCUT2D eigenvalue weighted by molar-refractivity contribution is 6.30. The molecular weight excluding hydrogens is 343 g/mol. The van der Waals surface area contributed by atoms with E-state index in [1.165, 1.54) is 0 Å². The second kappa shape index (κ2) is 6.52. The molecular formula is C16H21ClF3N3O. The summed E-state index contributed by atoms with van der Waals surface area (Å²) < 4.78 is 38.5. The van der Waals surface area contributed by atoms with Crippen molar-refractivity contribution < 1.29 is 18.0 Å². The number of aryl methyl sites for hydroxylation is 1. The summed E-state index contributed by atoms with van der Waals surface area (Å²) in [4.78, 5) is 17.8. The Bertz CT molecular complexity index is 617. The molecule has 134 valence electrons. The van der Waals surface area contributed by atoms with Gasteiger partial charge < -0.3 is 5.32 Å². The first kappa shape index (κ1) is 19.0. The van der Waals surface area contributed by atoms with Crippen LogP contribution in [-0.2, 0) is 17.4 Å². The Labute approximate surface area is 144 Å². The van der Waals surface area contributed by atoms with Gasteiger partial charge in [-0.1, -0.05) is 11.6 Å². The van der Waals surface area contributed by atoms with Gasteiger partial charge in [0.1, 0.15) is 10.8 Å². The number of halogens is 4. The topological polar surface area (TPSA) is 45.2 Å². The van der Waals surface area contributed by atoms with Gasteiger partial charge in [-0.25, -0.2) is 4.98 Å². The van der Waals surface area contributed by atoms with Crippen LogP contribution < -0.4 is 5.32 Å². The fraction of sp³-hybridized carbons (Fsp3) is 0.625. The molecule has 1 unspecified atom stereocenters. The Kier molecular flexibility index (Phi) is 5.16. The van der Waals surface area contributed by atoms with E-state index in [0.29, 0.717) is 24.2 Å². The van der Waals surface area contributed by atoms with Gasteiger partial charge in [0.25, 0.3) is 0 Å². The highest BCUT2D eigenvalue weighted by Crippen LogP contribution is 2.32. The lowest BCUT2D eigenvalue weighted by molar-refractivity contribution is -0.141. The molecule has 2 rings (SSSR count). The summed E-state index contributed by atoms with van der Waals surface area (Å²) in [5, 5.41) is 2.61. The number of hydrogen-bond acceptors (Lipinski definition) is 3. The Morgan fingerprint density at radius 2 is 2.00 bits per heavy atom. The third kappa shape index (κ3) is 4.00. The number of piperazine rings is 1. The van der Waals surface area contributed by atoms with E-state index >= 15 is 0 Å². The van der Waals surface area contributed by atoms with E-state index in [4.69, 9.17) is 11.6 Å². The van der Waals surface area contributed by atoms with Crippen molar-refractivity contribution >= 4 is 17.5 Å². The van der Waals surface area contributed by atoms with Crippen molar-refractivity contribution in [1.82, 2.24) is 15.2 Å². The minimum absolute atomic E-state index is 0.147. The van der Waals surface area contributed by atoms with Crippen molar-refractivity contribution in [3.8, 4) is 0 Å². The number of nitrogens with zero attached hydrogens (tertiary/aromatic N) is 2. The highest BCUT2D eigenvalue weighted by atomic mass is 35.5. The van der Waals surface area contributed by atoms with Gasteiger partial charge in [0.2, 0.25) is 5.91 Å². The average Bonchev–Trinajstić information content (AvgIpc) is 2.41. The number of rotatable bonds is 2. The fourth-order valence-corrected chi connectivity index (χ4v) is 3.28. The molecule has 0 saturated carbocycles. The first-order chi connectivity index (χ1) is 10.9. The van der Waals surface area contributed by atoms with Crippen LogP contribution >= 0.6 is 11.6 Å². The van der Waals surface area contributed by atoms with E-state index in [0.717, 1.165) is 6.07 Å². The van der Waals surface area contributed by atoms with E-state index in [2.05, 4.69) is 10.3 Å². The molecule has 0 spiro atoms. The molecule has 0 bridgehead atoms. The van der Waals surface area contributed by atoms with Gasteiger partial charge in [0, 0.05) is 25.0 Å². The van der Waals surface area contributed by atoms with E-state index in [1.54, 1.807) is 6.92 Å². The molecule has 1 aliphatic heterocycles. The molecule has 1 fully saturated rings. The highest BCUT2D eigenvalue weighted by Gasteiger charge is 2.38. The van der Waals surface area contributed by atoms with Gasteiger partial charge in [-0.2, -0.15) is 13.2 Å². The van der Waals surface area contributed by atoms with Crippen molar-refractivity contribution in [3.05, 3.63) is 28.0 Å². The minimum Gasteiger partial charge on any atom is -0.353 e. The zero-order valence-electron chi connectivity index (χ0n) is 14.1. The lowest BCUT2D eigenvalue weighted by Crippen LogP contribution is -2.61. The second-order valence-corrected chi connectivity index (χ2v) is 7.32. The maximum Gasteiger partial charge on any atom is 0.433 e. The van der Waals surface area contributed by atoms with Crippen LogP contribution in [0.3, 0.4) is 0 Å². The zero-order chi connectivity index (χ0) is 18.3. The van der Waals surface area contributed by atoms with Gasteiger partial charge in [0.05, 0.1) is 6.04 Å². The molecule has 2 heterocycles. The first-order valence-corrected chi connectivity index (χ1v) is 8.06. The molecule has 0 aliphatic carbocycles. The zero-order valence-corrected chi connectivity index (χ0v) is 14.8. The molecule has 1 atom stereocenters. The van der Waals surface area contributed by atoms with Crippen LogP contribution in [0.2, 0.25) is 5.15 Å². The second-order valence-electron chi connectivity index (χ2n) is 6.97. The maximum absolute atomic E-state index is 12.8. The Balaban J connectivity index is 2.37. The quantitative estimate of drug-likeness (QED) is 0.821. The summed E-state index contributed by atoms with van der Waals surface area (Å²) in [5.74, 6) is -0.147. The summed E-state index contributed by atoms with van der Waals surface area (Å²) >= 11 is 6.01. The largest absolute Gasteiger partial charge is 0.433 e. The molecule has 8 heteroatoms. The molecule has 1 amide bonds. The van der Waals surface area contributed by atoms with Gasteiger partial charge >= 0.3 is 6.18 Å². The summed E-state index contributed by atoms with van der Waals surface area (Å²) in [6.07, 6.45) is -4.33. The molecule has 1 saturated heterocycles. The van der Waals surface area contributed by atoms with Gasteiger partial charge in [0.15, 0.2) is 0 Å². The Morgan fingerprint density at radius 1 is 1.38 bits per heavy atom. The van der Waals surface area contributed by atoms with Crippen molar-refractivity contribution in [2.24, 2.45) is 0 Å². The van der Waals surface area contributed by atoms with E-state index in [9.17, 15) is 18.0 Å². The number of carbonyl (C=O) groups is 1. The van der Waals surface area contributed by atoms with Crippen LogP contribution in [0.25, 0.3) is 0 Å². The fourth-order valence-electron chi connectivity index (χ4n) is 2.96. The van der Waals surface area contributed by atoms with E-state index in [1.807, 2.05) is 25.7 Å². The van der Waals surface area contributed by atoms with Crippen molar-refractivity contribution in [3.63, 3.8) is 0 Å². The predicted octanol–water partition coefficient (Wildman–Crippen LogP) is 3.20.